The number of anilines is 1. The Morgan fingerprint density at radius 2 is 1.88 bits per heavy atom. The lowest BCUT2D eigenvalue weighted by Crippen LogP contribution is -2.32. The molecule has 1 aliphatic heterocycles. The summed E-state index contributed by atoms with van der Waals surface area (Å²) in [5.74, 6) is 0.282. The third kappa shape index (κ3) is 2.54. The number of ether oxygens (including phenoxy) is 1. The molecule has 0 spiro atoms. The highest BCUT2D eigenvalue weighted by atomic mass is 35.5. The van der Waals surface area contributed by atoms with Gasteiger partial charge in [-0.25, -0.2) is 9.18 Å². The Hall–Kier alpha value is -2.53. The summed E-state index contributed by atoms with van der Waals surface area (Å²) in [6.45, 7) is 6.46. The minimum atomic E-state index is -0.447. The van der Waals surface area contributed by atoms with Gasteiger partial charge in [0.05, 0.1) is 5.02 Å². The molecule has 2 heterocycles. The number of fused-ring (bicyclic) bond motifs is 2. The molecule has 3 aromatic rings. The molecular formula is C20H17ClFNO3. The molecule has 4 nitrogen and oxygen atoms in total. The van der Waals surface area contributed by atoms with Crippen molar-refractivity contribution in [1.82, 2.24) is 0 Å². The molecule has 0 atom stereocenters. The highest BCUT2D eigenvalue weighted by Crippen LogP contribution is 2.37. The number of hydrogen-bond acceptors (Lipinski definition) is 4. The van der Waals surface area contributed by atoms with Crippen LogP contribution in [0.25, 0.3) is 11.0 Å². The van der Waals surface area contributed by atoms with Gasteiger partial charge >= 0.3 is 5.63 Å². The predicted octanol–water partition coefficient (Wildman–Crippen LogP) is 4.87. The molecule has 0 saturated heterocycles. The fraction of sp³-hybridized carbons (Fsp3) is 0.250. The smallest absolute Gasteiger partial charge is 0.339 e. The molecule has 2 aromatic carbocycles. The van der Waals surface area contributed by atoms with Crippen molar-refractivity contribution in [3.63, 3.8) is 0 Å². The van der Waals surface area contributed by atoms with Crippen LogP contribution in [-0.2, 0) is 6.54 Å². The number of rotatable bonds is 1. The van der Waals surface area contributed by atoms with Gasteiger partial charge < -0.3 is 14.1 Å². The Morgan fingerprint density at radius 1 is 1.12 bits per heavy atom. The highest BCUT2D eigenvalue weighted by Gasteiger charge is 2.24. The first-order valence-corrected chi connectivity index (χ1v) is 8.64. The molecule has 0 fully saturated rings. The molecule has 1 aliphatic rings. The second-order valence-electron chi connectivity index (χ2n) is 6.58. The third-order valence-corrected chi connectivity index (χ3v) is 5.29. The Kier molecular flexibility index (Phi) is 3.92. The molecule has 0 N–H and O–H groups in total. The normalized spacial score (nSPS) is 13.7. The summed E-state index contributed by atoms with van der Waals surface area (Å²) >= 11 is 5.91. The molecule has 0 unspecified atom stereocenters. The van der Waals surface area contributed by atoms with E-state index in [1.54, 1.807) is 19.1 Å². The first-order valence-electron chi connectivity index (χ1n) is 8.26. The maximum Gasteiger partial charge on any atom is 0.339 e. The van der Waals surface area contributed by atoms with Crippen LogP contribution in [0.2, 0.25) is 5.02 Å². The van der Waals surface area contributed by atoms with Crippen molar-refractivity contribution in [2.75, 3.05) is 11.6 Å². The summed E-state index contributed by atoms with van der Waals surface area (Å²) in [5.41, 5.74) is 4.34. The van der Waals surface area contributed by atoms with Gasteiger partial charge in [-0.15, -0.1) is 0 Å². The number of halogens is 2. The van der Waals surface area contributed by atoms with Crippen molar-refractivity contribution in [2.24, 2.45) is 0 Å². The molecule has 6 heteroatoms. The number of hydrogen-bond donors (Lipinski definition) is 0. The number of aryl methyl sites for hydroxylation is 2. The largest absolute Gasteiger partial charge is 0.472 e. The number of benzene rings is 2. The van der Waals surface area contributed by atoms with Crippen molar-refractivity contribution in [1.29, 1.82) is 0 Å². The van der Waals surface area contributed by atoms with Crippen LogP contribution >= 0.6 is 11.6 Å². The van der Waals surface area contributed by atoms with Crippen LogP contribution in [0.4, 0.5) is 10.1 Å². The van der Waals surface area contributed by atoms with E-state index in [2.05, 4.69) is 0 Å². The van der Waals surface area contributed by atoms with Crippen LogP contribution in [0.1, 0.15) is 22.3 Å². The fourth-order valence-electron chi connectivity index (χ4n) is 3.35. The minimum Gasteiger partial charge on any atom is -0.472 e. The second kappa shape index (κ2) is 6.02. The molecule has 0 bridgehead atoms. The molecule has 0 aliphatic carbocycles. The van der Waals surface area contributed by atoms with E-state index in [-0.39, 0.29) is 10.6 Å². The van der Waals surface area contributed by atoms with Gasteiger partial charge in [-0.3, -0.25) is 0 Å². The van der Waals surface area contributed by atoms with Crippen LogP contribution in [0.3, 0.4) is 0 Å². The Balaban J connectivity index is 1.83. The zero-order valence-corrected chi connectivity index (χ0v) is 15.4. The van der Waals surface area contributed by atoms with Gasteiger partial charge in [0.25, 0.3) is 0 Å². The van der Waals surface area contributed by atoms with Crippen LogP contribution < -0.4 is 15.3 Å². The fourth-order valence-corrected chi connectivity index (χ4v) is 3.52. The quantitative estimate of drug-likeness (QED) is 0.571. The standard InChI is InChI=1S/C20H17ClFNO3/c1-10-11(2)20(24)26-19-12(3)18-13(6-15(10)19)8-23(9-25-18)14-4-5-17(22)16(21)7-14/h4-7H,8-9H2,1-3H3. The van der Waals surface area contributed by atoms with Crippen LogP contribution in [0.15, 0.2) is 33.5 Å². The molecular weight excluding hydrogens is 357 g/mol. The monoisotopic (exact) mass is 373 g/mol. The van der Waals surface area contributed by atoms with E-state index >= 15 is 0 Å². The van der Waals surface area contributed by atoms with Crippen molar-refractivity contribution in [2.45, 2.75) is 27.3 Å². The van der Waals surface area contributed by atoms with Gasteiger partial charge in [0, 0.05) is 34.3 Å². The van der Waals surface area contributed by atoms with Crippen LogP contribution in [0, 0.1) is 26.6 Å². The molecule has 26 heavy (non-hydrogen) atoms. The van der Waals surface area contributed by atoms with E-state index in [0.29, 0.717) is 24.4 Å². The lowest BCUT2D eigenvalue weighted by Gasteiger charge is -2.32. The van der Waals surface area contributed by atoms with Crippen molar-refractivity contribution < 1.29 is 13.5 Å². The summed E-state index contributed by atoms with van der Waals surface area (Å²) in [5, 5.41) is 0.983. The van der Waals surface area contributed by atoms with Gasteiger partial charge in [-0.2, -0.15) is 0 Å². The Morgan fingerprint density at radius 3 is 2.62 bits per heavy atom. The van der Waals surface area contributed by atoms with E-state index in [4.69, 9.17) is 20.8 Å². The topological polar surface area (TPSA) is 42.7 Å². The Labute approximate surface area is 154 Å². The van der Waals surface area contributed by atoms with Crippen LogP contribution in [0.5, 0.6) is 5.75 Å². The summed E-state index contributed by atoms with van der Waals surface area (Å²) in [7, 11) is 0. The third-order valence-electron chi connectivity index (χ3n) is 5.00. The minimum absolute atomic E-state index is 0.0798. The van der Waals surface area contributed by atoms with Crippen molar-refractivity contribution in [3.05, 3.63) is 67.8 Å². The SMILES string of the molecule is Cc1c(C)c2cc3c(c(C)c2oc1=O)OCN(c1ccc(F)c(Cl)c1)C3. The maximum atomic E-state index is 13.4. The van der Waals surface area contributed by atoms with Gasteiger partial charge in [-0.05, 0) is 50.6 Å². The predicted molar refractivity (Wildman–Crippen MR) is 99.8 cm³/mol. The maximum absolute atomic E-state index is 13.4. The first-order chi connectivity index (χ1) is 12.4. The zero-order valence-electron chi connectivity index (χ0n) is 14.7. The second-order valence-corrected chi connectivity index (χ2v) is 6.98. The average molecular weight is 374 g/mol. The highest BCUT2D eigenvalue weighted by molar-refractivity contribution is 6.31. The zero-order chi connectivity index (χ0) is 18.6. The molecule has 0 amide bonds. The number of nitrogens with zero attached hydrogens (tertiary/aromatic N) is 1. The van der Waals surface area contributed by atoms with Crippen LogP contribution in [-0.4, -0.2) is 6.73 Å². The van der Waals surface area contributed by atoms with Gasteiger partial charge in [0.15, 0.2) is 6.73 Å². The summed E-state index contributed by atoms with van der Waals surface area (Å²) in [4.78, 5) is 14.0. The summed E-state index contributed by atoms with van der Waals surface area (Å²) < 4.78 is 24.9. The van der Waals surface area contributed by atoms with E-state index in [1.165, 1.54) is 6.07 Å². The Bertz CT molecular complexity index is 1110. The van der Waals surface area contributed by atoms with Gasteiger partial charge in [-0.1, -0.05) is 11.6 Å². The van der Waals surface area contributed by atoms with E-state index in [0.717, 1.165) is 33.5 Å². The average Bonchev–Trinajstić information content (AvgIpc) is 2.63. The first kappa shape index (κ1) is 16.9. The van der Waals surface area contributed by atoms with Crippen molar-refractivity contribution in [3.8, 4) is 5.75 Å². The molecule has 134 valence electrons. The van der Waals surface area contributed by atoms with E-state index in [9.17, 15) is 9.18 Å². The molecule has 0 radical (unpaired) electrons. The lowest BCUT2D eigenvalue weighted by molar-refractivity contribution is 0.287. The van der Waals surface area contributed by atoms with Gasteiger partial charge in [0.1, 0.15) is 17.1 Å². The molecule has 4 rings (SSSR count). The summed E-state index contributed by atoms with van der Waals surface area (Å²) in [6.07, 6.45) is 0. The van der Waals surface area contributed by atoms with Gasteiger partial charge in [0.2, 0.25) is 0 Å². The molecule has 0 saturated carbocycles. The molecule has 1 aromatic heterocycles. The van der Waals surface area contributed by atoms with Crippen molar-refractivity contribution >= 4 is 28.3 Å². The van der Waals surface area contributed by atoms with E-state index < -0.39 is 5.82 Å². The van der Waals surface area contributed by atoms with E-state index in [1.807, 2.05) is 24.8 Å². The lowest BCUT2D eigenvalue weighted by atomic mass is 9.99. The summed E-state index contributed by atoms with van der Waals surface area (Å²) in [6, 6.07) is 6.62.